The molecule has 2 aliphatic rings. The Hall–Kier alpha value is -5.95. The summed E-state index contributed by atoms with van der Waals surface area (Å²) in [5.74, 6) is -1.71. The van der Waals surface area contributed by atoms with Crippen molar-refractivity contribution in [3.63, 3.8) is 0 Å². The second-order valence-electron chi connectivity index (χ2n) is 14.1. The Bertz CT molecular complexity index is 2230. The van der Waals surface area contributed by atoms with Crippen LogP contribution in [0.2, 0.25) is 0 Å². The lowest BCUT2D eigenvalue weighted by Crippen LogP contribution is -2.44. The van der Waals surface area contributed by atoms with Gasteiger partial charge in [-0.3, -0.25) is 14.7 Å². The van der Waals surface area contributed by atoms with Crippen molar-refractivity contribution in [2.45, 2.75) is 56.3 Å². The number of carboxylic acid groups (broad SMARTS) is 1. The molecule has 1 saturated heterocycles. The van der Waals surface area contributed by atoms with E-state index in [4.69, 9.17) is 4.99 Å². The van der Waals surface area contributed by atoms with Crippen LogP contribution in [0.1, 0.15) is 57.8 Å². The largest absolute Gasteiger partial charge is 0.480 e. The number of halogens is 6. The predicted octanol–water partition coefficient (Wildman–Crippen LogP) is 9.42. The number of alkyl halides is 6. The summed E-state index contributed by atoms with van der Waals surface area (Å²) in [5, 5.41) is 14.0. The van der Waals surface area contributed by atoms with Crippen molar-refractivity contribution in [1.29, 1.82) is 0 Å². The van der Waals surface area contributed by atoms with E-state index in [-0.39, 0.29) is 30.7 Å². The molecule has 0 radical (unpaired) electrons. The molecule has 2 heterocycles. The average molecular weight is 785 g/mol. The lowest BCUT2D eigenvalue weighted by molar-refractivity contribution is -0.143. The first-order chi connectivity index (χ1) is 27.3. The van der Waals surface area contributed by atoms with Crippen molar-refractivity contribution in [2.75, 3.05) is 23.3 Å². The van der Waals surface area contributed by atoms with Crippen molar-refractivity contribution in [3.8, 4) is 0 Å². The van der Waals surface area contributed by atoms with Gasteiger partial charge >= 0.3 is 18.3 Å². The molecule has 1 fully saturated rings. The minimum Gasteiger partial charge on any atom is -0.480 e. The Morgan fingerprint density at radius 2 is 1.39 bits per heavy atom. The number of benzene rings is 5. The lowest BCUT2D eigenvalue weighted by Gasteiger charge is -2.41. The molecule has 0 spiro atoms. The first-order valence-corrected chi connectivity index (χ1v) is 18.5. The van der Waals surface area contributed by atoms with Gasteiger partial charge in [0.1, 0.15) is 0 Å². The molecule has 1 amide bonds. The highest BCUT2D eigenvalue weighted by atomic mass is 19.4. The minimum absolute atomic E-state index is 0.0500. The number of carboxylic acids is 1. The van der Waals surface area contributed by atoms with Crippen LogP contribution in [0.4, 0.5) is 37.7 Å². The van der Waals surface area contributed by atoms with Crippen LogP contribution in [-0.4, -0.2) is 52.8 Å². The summed E-state index contributed by atoms with van der Waals surface area (Å²) in [7, 11) is 0. The summed E-state index contributed by atoms with van der Waals surface area (Å²) >= 11 is 0. The Labute approximate surface area is 325 Å². The zero-order valence-corrected chi connectivity index (χ0v) is 30.5. The maximum Gasteiger partial charge on any atom is 0.416 e. The van der Waals surface area contributed by atoms with Gasteiger partial charge in [0.15, 0.2) is 6.04 Å². The van der Waals surface area contributed by atoms with Crippen LogP contribution in [0.15, 0.2) is 132 Å². The Kier molecular flexibility index (Phi) is 11.2. The number of amides is 1. The van der Waals surface area contributed by atoms with Crippen LogP contribution < -0.4 is 10.2 Å². The summed E-state index contributed by atoms with van der Waals surface area (Å²) in [4.78, 5) is 35.7. The van der Waals surface area contributed by atoms with Gasteiger partial charge in [-0.1, -0.05) is 103 Å². The zero-order chi connectivity index (χ0) is 40.3. The van der Waals surface area contributed by atoms with E-state index in [0.29, 0.717) is 53.0 Å². The first kappa shape index (κ1) is 39.3. The maximum absolute atomic E-state index is 14.1. The summed E-state index contributed by atoms with van der Waals surface area (Å²) in [6.07, 6.45) is -8.56. The number of anilines is 2. The zero-order valence-electron chi connectivity index (χ0n) is 30.5. The van der Waals surface area contributed by atoms with Crippen molar-refractivity contribution in [2.24, 2.45) is 4.99 Å². The number of aliphatic carboxylic acids is 1. The summed E-state index contributed by atoms with van der Waals surface area (Å²) < 4.78 is 84.5. The molecule has 0 unspecified atom stereocenters. The maximum atomic E-state index is 14.1. The molecule has 0 bridgehead atoms. The number of nitrogens with zero attached hydrogens (tertiary/aromatic N) is 3. The molecule has 0 aromatic heterocycles. The van der Waals surface area contributed by atoms with Gasteiger partial charge in [0.2, 0.25) is 5.91 Å². The van der Waals surface area contributed by atoms with Gasteiger partial charge < -0.3 is 15.3 Å². The Morgan fingerprint density at radius 1 is 0.772 bits per heavy atom. The van der Waals surface area contributed by atoms with Crippen molar-refractivity contribution >= 4 is 29.0 Å². The van der Waals surface area contributed by atoms with Gasteiger partial charge in [-0.25, -0.2) is 4.79 Å². The van der Waals surface area contributed by atoms with Crippen LogP contribution in [0.5, 0.6) is 0 Å². The van der Waals surface area contributed by atoms with Crippen molar-refractivity contribution < 1.29 is 41.0 Å². The molecule has 2 aliphatic heterocycles. The highest BCUT2D eigenvalue weighted by molar-refractivity contribution is 6.17. The van der Waals surface area contributed by atoms with E-state index in [2.05, 4.69) is 10.2 Å². The van der Waals surface area contributed by atoms with E-state index >= 15 is 0 Å². The van der Waals surface area contributed by atoms with E-state index in [9.17, 15) is 41.0 Å². The molecule has 7 rings (SSSR count). The van der Waals surface area contributed by atoms with Crippen molar-refractivity contribution in [3.05, 3.63) is 166 Å². The number of carbonyl (C=O) groups is 2. The third-order valence-corrected chi connectivity index (χ3v) is 10.4. The molecule has 13 heteroatoms. The summed E-state index contributed by atoms with van der Waals surface area (Å²) in [5.41, 5.74) is 0.0602. The average Bonchev–Trinajstić information content (AvgIpc) is 3.66. The topological polar surface area (TPSA) is 85.2 Å². The monoisotopic (exact) mass is 784 g/mol. The minimum atomic E-state index is -5.12. The molecule has 5 aromatic carbocycles. The van der Waals surface area contributed by atoms with Gasteiger partial charge in [-0.15, -0.1) is 0 Å². The second kappa shape index (κ2) is 16.3. The second-order valence-corrected chi connectivity index (χ2v) is 14.1. The van der Waals surface area contributed by atoms with E-state index in [1.807, 2.05) is 30.3 Å². The van der Waals surface area contributed by atoms with Crippen LogP contribution in [-0.2, 0) is 34.9 Å². The predicted molar refractivity (Wildman–Crippen MR) is 205 cm³/mol. The van der Waals surface area contributed by atoms with Crippen LogP contribution >= 0.6 is 0 Å². The van der Waals surface area contributed by atoms with E-state index in [0.717, 1.165) is 18.5 Å². The fraction of sp³-hybridized carbons (Fsp3) is 0.250. The number of rotatable bonds is 10. The van der Waals surface area contributed by atoms with Crippen LogP contribution in [0, 0.1) is 0 Å². The number of hydrogen-bond donors (Lipinski definition) is 2. The van der Waals surface area contributed by atoms with Crippen LogP contribution in [0.25, 0.3) is 0 Å². The lowest BCUT2D eigenvalue weighted by atomic mass is 9.87. The number of likely N-dealkylation sites (tertiary alicyclic amines) is 1. The van der Waals surface area contributed by atoms with E-state index in [1.165, 1.54) is 4.90 Å². The number of nitrogens with one attached hydrogen (secondary N) is 1. The van der Waals surface area contributed by atoms with E-state index < -0.39 is 53.3 Å². The van der Waals surface area contributed by atoms with Gasteiger partial charge in [-0.2, -0.15) is 26.3 Å². The van der Waals surface area contributed by atoms with E-state index in [1.54, 1.807) is 78.9 Å². The molecule has 0 saturated carbocycles. The molecular formula is C44H38F6N4O3. The quantitative estimate of drug-likeness (QED) is 0.109. The molecule has 2 N–H and O–H groups in total. The number of para-hydroxylation sites is 1. The summed E-state index contributed by atoms with van der Waals surface area (Å²) in [6.45, 7) is 1.21. The number of fused-ring (bicyclic) bond motifs is 1. The first-order valence-electron chi connectivity index (χ1n) is 18.5. The SMILES string of the molecule is O=C(O)[C@@H](N=C(c1ccccc1)c1ccccc1NC(=O)[C@@H]1CCCN1Cc1ccccc1)[C@H]1c2ccccc2CCN1c1cc(C(F)(F)F)cc(C(F)(F)F)c1. The molecule has 3 atom stereocenters. The fourth-order valence-electron chi connectivity index (χ4n) is 7.77. The third kappa shape index (κ3) is 8.73. The third-order valence-electron chi connectivity index (χ3n) is 10.4. The fourth-order valence-corrected chi connectivity index (χ4v) is 7.77. The Balaban J connectivity index is 1.33. The molecule has 294 valence electrons. The number of carbonyl (C=O) groups excluding carboxylic acids is 1. The van der Waals surface area contributed by atoms with Crippen LogP contribution in [0.3, 0.4) is 0 Å². The number of aliphatic imine (C=N–C) groups is 1. The smallest absolute Gasteiger partial charge is 0.416 e. The molecular weight excluding hydrogens is 746 g/mol. The normalized spacial score (nSPS) is 18.2. The standard InChI is InChI=1S/C44H38F6N4O3/c45-43(46,47)31-24-32(44(48,49)50)26-33(25-31)54-23-21-29-14-7-8-17-34(29)40(54)39(42(56)57)52-38(30-15-5-2-6-16-30)35-18-9-10-19-36(35)51-41(55)37-20-11-22-53(37)27-28-12-3-1-4-13-28/h1-10,12-19,24-26,37,39-40H,11,20-23,27H2,(H,51,55)(H,56,57)/t37-,39-,40+/m0/s1. The van der Waals surface area contributed by atoms with Gasteiger partial charge in [-0.05, 0) is 66.8 Å². The molecule has 5 aromatic rings. The highest BCUT2D eigenvalue weighted by Gasteiger charge is 2.42. The molecule has 0 aliphatic carbocycles. The molecule has 57 heavy (non-hydrogen) atoms. The summed E-state index contributed by atoms with van der Waals surface area (Å²) in [6, 6.07) is 29.7. The molecule has 7 nitrogen and oxygen atoms in total. The Morgan fingerprint density at radius 3 is 2.05 bits per heavy atom. The number of hydrogen-bond acceptors (Lipinski definition) is 5. The van der Waals surface area contributed by atoms with Gasteiger partial charge in [0.05, 0.1) is 34.6 Å². The van der Waals surface area contributed by atoms with Gasteiger partial charge in [0.25, 0.3) is 0 Å². The highest BCUT2D eigenvalue weighted by Crippen LogP contribution is 2.43. The van der Waals surface area contributed by atoms with Crippen molar-refractivity contribution in [1.82, 2.24) is 4.90 Å². The van der Waals surface area contributed by atoms with Gasteiger partial charge in [0, 0.05) is 29.9 Å².